The number of hydrogen-bond donors (Lipinski definition) is 2. The van der Waals surface area contributed by atoms with Crippen LogP contribution in [-0.4, -0.2) is 76.9 Å². The summed E-state index contributed by atoms with van der Waals surface area (Å²) < 4.78 is 44.1. The van der Waals surface area contributed by atoms with E-state index < -0.39 is 29.4 Å². The van der Waals surface area contributed by atoms with Gasteiger partial charge in [0.05, 0.1) is 40.9 Å². The summed E-state index contributed by atoms with van der Waals surface area (Å²) in [6.07, 6.45) is 7.88. The smallest absolute Gasteiger partial charge is 0.412 e. The highest BCUT2D eigenvalue weighted by molar-refractivity contribution is 7.23. The molecule has 1 amide bonds. The molecule has 316 valence electrons. The predicted octanol–water partition coefficient (Wildman–Crippen LogP) is 9.98. The van der Waals surface area contributed by atoms with Crippen LogP contribution < -0.4 is 10.6 Å². The van der Waals surface area contributed by atoms with E-state index in [1.165, 1.54) is 19.8 Å². The first-order valence-electron chi connectivity index (χ1n) is 20.3. The van der Waals surface area contributed by atoms with Crippen molar-refractivity contribution in [2.45, 2.75) is 138 Å². The number of nitrogens with one attached hydrogen (secondary N) is 2. The zero-order valence-corrected chi connectivity index (χ0v) is 37.2. The highest BCUT2D eigenvalue weighted by Gasteiger charge is 2.42. The van der Waals surface area contributed by atoms with E-state index in [1.54, 1.807) is 27.7 Å². The maximum atomic E-state index is 17.3. The van der Waals surface area contributed by atoms with Crippen LogP contribution in [0.2, 0.25) is 0 Å². The number of benzene rings is 1. The van der Waals surface area contributed by atoms with Gasteiger partial charge in [-0.1, -0.05) is 53.4 Å². The van der Waals surface area contributed by atoms with E-state index in [0.717, 1.165) is 55.7 Å². The lowest BCUT2D eigenvalue weighted by atomic mass is 9.89. The minimum atomic E-state index is -0.818. The number of ketones is 1. The van der Waals surface area contributed by atoms with Gasteiger partial charge >= 0.3 is 6.09 Å². The van der Waals surface area contributed by atoms with Crippen LogP contribution in [0.5, 0.6) is 0 Å². The predicted molar refractivity (Wildman–Crippen MR) is 229 cm³/mol. The Morgan fingerprint density at radius 1 is 1.14 bits per heavy atom. The number of aromatic nitrogens is 1. The lowest BCUT2D eigenvalue weighted by molar-refractivity contribution is -0.118. The first-order chi connectivity index (χ1) is 27.4. The topological polar surface area (TPSA) is 132 Å². The Morgan fingerprint density at radius 3 is 2.34 bits per heavy atom. The molecule has 0 radical (unpaired) electrons. The monoisotopic (exact) mass is 821 g/mol. The maximum absolute atomic E-state index is 17.3. The summed E-state index contributed by atoms with van der Waals surface area (Å²) >= 11 is 0.851. The molecule has 2 aliphatic heterocycles. The van der Waals surface area contributed by atoms with E-state index in [4.69, 9.17) is 14.5 Å². The summed E-state index contributed by atoms with van der Waals surface area (Å²) in [5.41, 5.74) is 1.08. The molecule has 0 spiro atoms. The summed E-state index contributed by atoms with van der Waals surface area (Å²) in [4.78, 5) is 39.5. The van der Waals surface area contributed by atoms with Gasteiger partial charge in [-0.15, -0.1) is 11.3 Å². The Balaban J connectivity index is 0.00000178. The molecule has 2 aliphatic rings. The number of likely N-dealkylation sites (N-methyl/N-ethyl adjacent to an activating group) is 1. The minimum absolute atomic E-state index is 0.0225. The summed E-state index contributed by atoms with van der Waals surface area (Å²) in [7, 11) is 4.12. The number of amidine groups is 1. The number of fused-ring (bicyclic) bond motifs is 2. The van der Waals surface area contributed by atoms with Crippen LogP contribution in [0.1, 0.15) is 129 Å². The fourth-order valence-electron chi connectivity index (χ4n) is 6.79. The summed E-state index contributed by atoms with van der Waals surface area (Å²) in [5, 5.41) is 16.6. The third-order valence-corrected chi connectivity index (χ3v) is 11.5. The average Bonchev–Trinajstić information content (AvgIpc) is 3.77. The second-order valence-corrected chi connectivity index (χ2v) is 17.5. The molecule has 58 heavy (non-hydrogen) atoms. The lowest BCUT2D eigenvalue weighted by Gasteiger charge is -2.53. The van der Waals surface area contributed by atoms with Crippen molar-refractivity contribution in [1.82, 2.24) is 20.1 Å². The van der Waals surface area contributed by atoms with Crippen LogP contribution in [0.4, 0.5) is 18.6 Å². The first kappa shape index (κ1) is 46.2. The van der Waals surface area contributed by atoms with Crippen molar-refractivity contribution in [2.24, 2.45) is 4.99 Å². The van der Waals surface area contributed by atoms with E-state index in [9.17, 15) is 14.9 Å². The molecule has 11 nitrogen and oxygen atoms in total. The van der Waals surface area contributed by atoms with E-state index in [1.807, 2.05) is 6.92 Å². The summed E-state index contributed by atoms with van der Waals surface area (Å²) in [5.74, 6) is -0.268. The molecule has 1 saturated heterocycles. The van der Waals surface area contributed by atoms with Crippen LogP contribution in [0.15, 0.2) is 23.1 Å². The van der Waals surface area contributed by atoms with Crippen molar-refractivity contribution < 1.29 is 27.8 Å². The fraction of sp³-hybridized carbons (Fsp3) is 0.568. The van der Waals surface area contributed by atoms with Gasteiger partial charge in [-0.25, -0.2) is 13.6 Å². The van der Waals surface area contributed by atoms with Gasteiger partial charge in [-0.2, -0.15) is 5.26 Å². The van der Waals surface area contributed by atoms with Crippen molar-refractivity contribution in [3.63, 3.8) is 0 Å². The third kappa shape index (κ3) is 10.2. The number of hydrogen-bond acceptors (Lipinski definition) is 10. The average molecular weight is 822 g/mol. The number of anilines is 1. The normalized spacial score (nSPS) is 15.7. The fourth-order valence-corrected chi connectivity index (χ4v) is 7.83. The van der Waals surface area contributed by atoms with Crippen molar-refractivity contribution in [3.05, 3.63) is 57.5 Å². The molecular weight excluding hydrogens is 761 g/mol. The van der Waals surface area contributed by atoms with Gasteiger partial charge in [-0.3, -0.25) is 20.1 Å². The molecule has 2 aromatic heterocycles. The van der Waals surface area contributed by atoms with Gasteiger partial charge in [0.25, 0.3) is 0 Å². The van der Waals surface area contributed by atoms with Gasteiger partial charge < -0.3 is 24.6 Å². The lowest BCUT2D eigenvalue weighted by Crippen LogP contribution is -2.67. The Hall–Kier alpha value is -4.45. The van der Waals surface area contributed by atoms with Crippen molar-refractivity contribution in [3.8, 4) is 17.3 Å². The van der Waals surface area contributed by atoms with E-state index >= 15 is 8.78 Å². The SMILES string of the molecule is CCC/C=C(/NC(=NC(CCC)C(C)=O)c1c(C)c(F)c(-c2ncc(F)c3sc(NC(=O)OC(C)(C)C)c(C#N)c23)c2c1COC2)N1CC(C)(N(C)C)C1.CCCC. The number of rotatable bonds is 13. The number of nitrogens with zero attached hydrogens (tertiary/aromatic N) is 5. The van der Waals surface area contributed by atoms with Gasteiger partial charge in [-0.05, 0) is 91.2 Å². The Morgan fingerprint density at radius 2 is 1.79 bits per heavy atom. The first-order valence-corrected chi connectivity index (χ1v) is 21.1. The molecule has 0 bridgehead atoms. The van der Waals surface area contributed by atoms with Gasteiger partial charge in [0.1, 0.15) is 40.2 Å². The molecule has 1 atom stereocenters. The van der Waals surface area contributed by atoms with Crippen LogP contribution in [0, 0.1) is 29.9 Å². The standard InChI is InChI=1S/C40H51F2N7O4S.C4H10/c1-11-13-15-29(49-20-40(8,21-49)48(9)10)46-36(45-28(14-12-2)23(4)50)30-22(3)33(42)31(26-19-52-18-25(26)30)34-32-24(16-43)37(47-38(51)53-39(5,6)7)54-35(32)27(41)17-44-34;1-3-4-2/h15,17,28H,11-14,18-21H2,1-10H3,(H,45,46)(H,47,51);3-4H2,1-2H3/b29-15-;. The minimum Gasteiger partial charge on any atom is -0.444 e. The van der Waals surface area contributed by atoms with Crippen LogP contribution in [-0.2, 0) is 27.5 Å². The number of pyridine rings is 1. The molecule has 4 heterocycles. The molecule has 0 aliphatic carbocycles. The number of likely N-dealkylation sites (tertiary alicyclic amines) is 1. The Bertz CT molecular complexity index is 2090. The highest BCUT2D eigenvalue weighted by atomic mass is 32.1. The number of halogens is 2. The van der Waals surface area contributed by atoms with E-state index in [2.05, 4.69) is 79.4 Å². The van der Waals surface area contributed by atoms with Crippen LogP contribution >= 0.6 is 11.3 Å². The van der Waals surface area contributed by atoms with Crippen LogP contribution in [0.25, 0.3) is 21.3 Å². The number of carbonyl (C=O) groups is 2. The number of allylic oxidation sites excluding steroid dienone is 1. The molecule has 1 fully saturated rings. The number of amides is 1. The molecule has 5 rings (SSSR count). The molecule has 0 saturated carbocycles. The van der Waals surface area contributed by atoms with Crippen molar-refractivity contribution in [2.75, 3.05) is 32.5 Å². The number of thiophene rings is 1. The van der Waals surface area contributed by atoms with Gasteiger partial charge in [0, 0.05) is 29.6 Å². The number of carbonyl (C=O) groups excluding carboxylic acids is 2. The quantitative estimate of drug-likeness (QED) is 0.128. The Labute approximate surface area is 346 Å². The number of Topliss-reactive ketones (excluding diaryl/α,β-unsaturated/α-hetero) is 1. The van der Waals surface area contributed by atoms with Gasteiger partial charge in [0.2, 0.25) is 0 Å². The second-order valence-electron chi connectivity index (χ2n) is 16.5. The number of unbranched alkanes of at least 4 members (excludes halogenated alkanes) is 2. The maximum Gasteiger partial charge on any atom is 0.412 e. The largest absolute Gasteiger partial charge is 0.444 e. The molecule has 1 unspecified atom stereocenters. The zero-order valence-electron chi connectivity index (χ0n) is 36.3. The molecule has 2 N–H and O–H groups in total. The number of ether oxygens (including phenoxy) is 2. The van der Waals surface area contributed by atoms with Gasteiger partial charge in [0.15, 0.2) is 11.6 Å². The number of nitriles is 1. The third-order valence-electron chi connectivity index (χ3n) is 10.4. The van der Waals surface area contributed by atoms with Crippen molar-refractivity contribution in [1.29, 1.82) is 5.26 Å². The van der Waals surface area contributed by atoms with Crippen LogP contribution in [0.3, 0.4) is 0 Å². The molecule has 3 aromatic rings. The van der Waals surface area contributed by atoms with Crippen molar-refractivity contribution >= 4 is 44.1 Å². The number of aliphatic imine (C=N–C) groups is 1. The van der Waals surface area contributed by atoms with E-state index in [0.29, 0.717) is 28.9 Å². The molecular formula is C44H61F2N7O4S. The Kier molecular flexibility index (Phi) is 15.6. The zero-order chi connectivity index (χ0) is 43.1. The summed E-state index contributed by atoms with van der Waals surface area (Å²) in [6.45, 7) is 20.6. The summed E-state index contributed by atoms with van der Waals surface area (Å²) in [6, 6.07) is 1.42. The molecule has 1 aromatic carbocycles. The highest BCUT2D eigenvalue weighted by Crippen LogP contribution is 2.45. The van der Waals surface area contributed by atoms with E-state index in [-0.39, 0.29) is 62.0 Å². The second kappa shape index (κ2) is 19.5. The molecule has 14 heteroatoms.